The Morgan fingerprint density at radius 3 is 2.53 bits per heavy atom. The van der Waals surface area contributed by atoms with Gasteiger partial charge in [0.05, 0.1) is 5.69 Å². The second kappa shape index (κ2) is 5.23. The second-order valence-electron chi connectivity index (χ2n) is 3.92. The first kappa shape index (κ1) is 13.3. The first-order valence-electron chi connectivity index (χ1n) is 5.43. The molecule has 0 saturated carbocycles. The minimum absolute atomic E-state index is 0.233. The summed E-state index contributed by atoms with van der Waals surface area (Å²) in [5, 5.41) is 4.20. The number of carbonyl (C=O) groups excluding carboxylic acids is 1. The number of halogens is 1. The fraction of sp³-hybridized carbons (Fsp3) is 0.0833. The Hall–Kier alpha value is -2.15. The van der Waals surface area contributed by atoms with Crippen LogP contribution in [0.1, 0.15) is 16.1 Å². The van der Waals surface area contributed by atoms with E-state index in [4.69, 9.17) is 11.5 Å². The lowest BCUT2D eigenvalue weighted by atomic mass is 10.3. The number of hydrogen-bond donors (Lipinski definition) is 2. The molecule has 6 nitrogen and oxygen atoms in total. The van der Waals surface area contributed by atoms with E-state index in [-0.39, 0.29) is 11.7 Å². The summed E-state index contributed by atoms with van der Waals surface area (Å²) in [5.74, 6) is -0.823. The van der Waals surface area contributed by atoms with Crippen LogP contribution in [0.5, 0.6) is 0 Å². The van der Waals surface area contributed by atoms with Crippen molar-refractivity contribution in [1.82, 2.24) is 9.78 Å². The van der Waals surface area contributed by atoms with Crippen molar-refractivity contribution in [3.8, 4) is 5.69 Å². The highest BCUT2D eigenvalue weighted by atomic mass is 79.9. The summed E-state index contributed by atoms with van der Waals surface area (Å²) >= 11 is 3.36. The van der Waals surface area contributed by atoms with Crippen molar-refractivity contribution in [3.63, 3.8) is 0 Å². The van der Waals surface area contributed by atoms with Gasteiger partial charge < -0.3 is 11.5 Å². The Bertz CT molecular complexity index is 641. The average Bonchev–Trinajstić information content (AvgIpc) is 2.71. The Morgan fingerprint density at radius 1 is 1.32 bits per heavy atom. The van der Waals surface area contributed by atoms with Crippen molar-refractivity contribution in [2.75, 3.05) is 0 Å². The van der Waals surface area contributed by atoms with Gasteiger partial charge in [-0.3, -0.25) is 4.79 Å². The lowest BCUT2D eigenvalue weighted by Crippen LogP contribution is -2.24. The van der Waals surface area contributed by atoms with Gasteiger partial charge in [0.1, 0.15) is 0 Å². The zero-order valence-electron chi connectivity index (χ0n) is 10.2. The Morgan fingerprint density at radius 2 is 1.95 bits per heavy atom. The van der Waals surface area contributed by atoms with Crippen molar-refractivity contribution in [1.29, 1.82) is 0 Å². The van der Waals surface area contributed by atoms with Crippen molar-refractivity contribution < 1.29 is 4.79 Å². The molecule has 7 heteroatoms. The average molecular weight is 322 g/mol. The molecule has 19 heavy (non-hydrogen) atoms. The number of nitrogens with two attached hydrogens (primary N) is 2. The number of rotatable bonds is 2. The lowest BCUT2D eigenvalue weighted by molar-refractivity contribution is 0.0997. The number of amides is 1. The fourth-order valence-corrected chi connectivity index (χ4v) is 1.83. The van der Waals surface area contributed by atoms with Crippen molar-refractivity contribution in [3.05, 3.63) is 46.2 Å². The van der Waals surface area contributed by atoms with Gasteiger partial charge in [0.25, 0.3) is 0 Å². The summed E-state index contributed by atoms with van der Waals surface area (Å²) in [6.45, 7) is 1.78. The molecule has 2 rings (SSSR count). The number of guanidine groups is 1. The maximum Gasteiger partial charge on any atom is 0.300 e. The highest BCUT2D eigenvalue weighted by Gasteiger charge is 2.14. The van der Waals surface area contributed by atoms with E-state index in [1.165, 1.54) is 0 Å². The van der Waals surface area contributed by atoms with Gasteiger partial charge >= 0.3 is 5.91 Å². The molecule has 1 aromatic carbocycles. The van der Waals surface area contributed by atoms with E-state index < -0.39 is 5.91 Å². The van der Waals surface area contributed by atoms with Crippen molar-refractivity contribution in [2.45, 2.75) is 6.92 Å². The summed E-state index contributed by atoms with van der Waals surface area (Å²) < 4.78 is 2.58. The van der Waals surface area contributed by atoms with Crippen LogP contribution in [0, 0.1) is 6.92 Å². The predicted octanol–water partition coefficient (Wildman–Crippen LogP) is 1.36. The SMILES string of the molecule is Cc1cn(-c2ccc(Br)cc2)nc1C(=O)N=C(N)N. The maximum atomic E-state index is 11.7. The first-order chi connectivity index (χ1) is 8.97. The molecule has 0 aliphatic carbocycles. The van der Waals surface area contributed by atoms with Gasteiger partial charge in [-0.05, 0) is 31.2 Å². The molecule has 98 valence electrons. The molecule has 4 N–H and O–H groups in total. The topological polar surface area (TPSA) is 99.3 Å². The summed E-state index contributed by atoms with van der Waals surface area (Å²) in [6, 6.07) is 7.55. The monoisotopic (exact) mass is 321 g/mol. The molecule has 1 amide bonds. The smallest absolute Gasteiger partial charge is 0.300 e. The van der Waals surface area contributed by atoms with Crippen molar-refractivity contribution in [2.24, 2.45) is 16.5 Å². The van der Waals surface area contributed by atoms with Crippen LogP contribution in [0.3, 0.4) is 0 Å². The van der Waals surface area contributed by atoms with Crippen molar-refractivity contribution >= 4 is 27.8 Å². The molecule has 0 radical (unpaired) electrons. The lowest BCUT2D eigenvalue weighted by Gasteiger charge is -2.00. The predicted molar refractivity (Wildman–Crippen MR) is 76.1 cm³/mol. The van der Waals surface area contributed by atoms with Crippen LogP contribution >= 0.6 is 15.9 Å². The molecule has 0 spiro atoms. The van der Waals surface area contributed by atoms with E-state index in [0.29, 0.717) is 5.56 Å². The third-order valence-electron chi connectivity index (χ3n) is 2.42. The summed E-state index contributed by atoms with van der Waals surface area (Å²) in [5.41, 5.74) is 12.1. The number of aromatic nitrogens is 2. The number of aliphatic imine (C=N–C) groups is 1. The van der Waals surface area contributed by atoms with Gasteiger partial charge in [0, 0.05) is 16.2 Å². The van der Waals surface area contributed by atoms with Crippen LogP contribution in [-0.4, -0.2) is 21.6 Å². The molecule has 1 heterocycles. The van der Waals surface area contributed by atoms with Crippen LogP contribution < -0.4 is 11.5 Å². The highest BCUT2D eigenvalue weighted by Crippen LogP contribution is 2.16. The highest BCUT2D eigenvalue weighted by molar-refractivity contribution is 9.10. The minimum Gasteiger partial charge on any atom is -0.370 e. The van der Waals surface area contributed by atoms with Gasteiger partial charge in [-0.2, -0.15) is 10.1 Å². The molecule has 0 aliphatic heterocycles. The molecule has 0 aliphatic rings. The van der Waals surface area contributed by atoms with Crippen LogP contribution in [0.15, 0.2) is 39.9 Å². The van der Waals surface area contributed by atoms with Crippen LogP contribution in [0.25, 0.3) is 5.69 Å². The summed E-state index contributed by atoms with van der Waals surface area (Å²) in [4.78, 5) is 15.2. The second-order valence-corrected chi connectivity index (χ2v) is 4.84. The maximum absolute atomic E-state index is 11.7. The Kier molecular flexibility index (Phi) is 3.66. The van der Waals surface area contributed by atoms with E-state index in [1.54, 1.807) is 17.8 Å². The number of aryl methyl sites for hydroxylation is 1. The molecular weight excluding hydrogens is 310 g/mol. The standard InChI is InChI=1S/C12H12BrN5O/c1-7-6-18(9-4-2-8(13)3-5-9)17-10(7)11(19)16-12(14)15/h2-6H,1H3,(H4,14,15,16,19). The molecule has 0 fully saturated rings. The van der Waals surface area contributed by atoms with Gasteiger partial charge in [-0.15, -0.1) is 0 Å². The summed E-state index contributed by atoms with van der Waals surface area (Å²) in [7, 11) is 0. The zero-order valence-corrected chi connectivity index (χ0v) is 11.8. The quantitative estimate of drug-likeness (QED) is 0.644. The number of carbonyl (C=O) groups is 1. The third-order valence-corrected chi connectivity index (χ3v) is 2.95. The van der Waals surface area contributed by atoms with Crippen LogP contribution in [0.2, 0.25) is 0 Å². The number of hydrogen-bond acceptors (Lipinski definition) is 2. The first-order valence-corrected chi connectivity index (χ1v) is 6.23. The number of nitrogens with zero attached hydrogens (tertiary/aromatic N) is 3. The van der Waals surface area contributed by atoms with E-state index in [0.717, 1.165) is 10.2 Å². The summed E-state index contributed by atoms with van der Waals surface area (Å²) in [6.07, 6.45) is 1.75. The Labute approximate surface area is 118 Å². The van der Waals surface area contributed by atoms with E-state index >= 15 is 0 Å². The van der Waals surface area contributed by atoms with Crippen LogP contribution in [0.4, 0.5) is 0 Å². The minimum atomic E-state index is -0.548. The van der Waals surface area contributed by atoms with E-state index in [9.17, 15) is 4.79 Å². The molecule has 0 atom stereocenters. The molecular formula is C12H12BrN5O. The van der Waals surface area contributed by atoms with Gasteiger partial charge in [0.15, 0.2) is 11.7 Å². The zero-order chi connectivity index (χ0) is 14.0. The molecule has 0 saturated heterocycles. The molecule has 2 aromatic rings. The number of benzene rings is 1. The van der Waals surface area contributed by atoms with Gasteiger partial charge in [-0.1, -0.05) is 15.9 Å². The molecule has 0 unspecified atom stereocenters. The largest absolute Gasteiger partial charge is 0.370 e. The van der Waals surface area contributed by atoms with E-state index in [1.807, 2.05) is 24.3 Å². The molecule has 1 aromatic heterocycles. The Balaban J connectivity index is 2.38. The third kappa shape index (κ3) is 3.00. The molecule has 0 bridgehead atoms. The fourth-order valence-electron chi connectivity index (χ4n) is 1.57. The van der Waals surface area contributed by atoms with Gasteiger partial charge in [0.2, 0.25) is 0 Å². The van der Waals surface area contributed by atoms with Gasteiger partial charge in [-0.25, -0.2) is 4.68 Å². The van der Waals surface area contributed by atoms with E-state index in [2.05, 4.69) is 26.0 Å². The van der Waals surface area contributed by atoms with Crippen LogP contribution in [-0.2, 0) is 0 Å². The normalized spacial score (nSPS) is 10.2.